The van der Waals surface area contributed by atoms with Crippen LogP contribution in [0.5, 0.6) is 46.0 Å². The van der Waals surface area contributed by atoms with E-state index in [1.165, 1.54) is 56.9 Å². The van der Waals surface area contributed by atoms with Crippen LogP contribution in [0.25, 0.3) is 0 Å². The highest BCUT2D eigenvalue weighted by molar-refractivity contribution is 5.68. The van der Waals surface area contributed by atoms with Crippen molar-refractivity contribution in [3.63, 3.8) is 0 Å². The zero-order valence-electron chi connectivity index (χ0n) is 18.4. The topological polar surface area (TPSA) is 94.1 Å². The molecule has 1 N–H and O–H groups in total. The number of methoxy groups -OCH3 is 8. The first-order chi connectivity index (χ1) is 14.5. The van der Waals surface area contributed by atoms with E-state index in [2.05, 4.69) is 0 Å². The van der Waals surface area contributed by atoms with Crippen molar-refractivity contribution in [3.8, 4) is 46.0 Å². The second kappa shape index (κ2) is 10.0. The summed E-state index contributed by atoms with van der Waals surface area (Å²) in [5.41, 5.74) is 0.506. The quantitative estimate of drug-likeness (QED) is 0.618. The van der Waals surface area contributed by atoms with Gasteiger partial charge in [-0.05, 0) is 0 Å². The molecule has 9 nitrogen and oxygen atoms in total. The van der Waals surface area contributed by atoms with Crippen LogP contribution in [-0.2, 0) is 0 Å². The van der Waals surface area contributed by atoms with Crippen LogP contribution in [0.2, 0.25) is 0 Å². The fraction of sp³-hybridized carbons (Fsp3) is 0.429. The third kappa shape index (κ3) is 3.80. The number of hydrogen-bond acceptors (Lipinski definition) is 9. The summed E-state index contributed by atoms with van der Waals surface area (Å²) in [6, 6.07) is 3.21. The van der Waals surface area contributed by atoms with Gasteiger partial charge in [0.15, 0.2) is 46.0 Å². The van der Waals surface area contributed by atoms with Crippen molar-refractivity contribution in [2.45, 2.75) is 6.10 Å². The molecule has 0 saturated heterocycles. The van der Waals surface area contributed by atoms with Gasteiger partial charge in [0.05, 0.1) is 68.0 Å². The number of hydrogen-bond donors (Lipinski definition) is 1. The van der Waals surface area contributed by atoms with Gasteiger partial charge in [-0.3, -0.25) is 0 Å². The van der Waals surface area contributed by atoms with E-state index in [9.17, 15) is 5.11 Å². The molecule has 0 saturated carbocycles. The minimum Gasteiger partial charge on any atom is -0.493 e. The first-order valence-corrected chi connectivity index (χ1v) is 8.89. The highest BCUT2D eigenvalue weighted by Gasteiger charge is 2.34. The molecule has 9 heteroatoms. The molecule has 0 aliphatic rings. The smallest absolute Gasteiger partial charge is 0.170 e. The Balaban J connectivity index is 2.97. The highest BCUT2D eigenvalue weighted by atomic mass is 16.5. The van der Waals surface area contributed by atoms with Crippen molar-refractivity contribution in [2.75, 3.05) is 56.9 Å². The fourth-order valence-electron chi connectivity index (χ4n) is 3.33. The van der Waals surface area contributed by atoms with Crippen molar-refractivity contribution >= 4 is 0 Å². The summed E-state index contributed by atoms with van der Waals surface area (Å²) in [4.78, 5) is 0. The SMILES string of the molecule is COc1cc(OC)c(OC)c(C(O)c2c(OC)c(OC)cc(OC)c2OC)c1OC. The number of benzene rings is 2. The van der Waals surface area contributed by atoms with E-state index in [-0.39, 0.29) is 34.1 Å². The molecular weight excluding hydrogens is 396 g/mol. The van der Waals surface area contributed by atoms with Crippen molar-refractivity contribution in [2.24, 2.45) is 0 Å². The molecule has 166 valence electrons. The Kier molecular flexibility index (Phi) is 7.71. The predicted octanol–water partition coefficient (Wildman–Crippen LogP) is 2.84. The van der Waals surface area contributed by atoms with E-state index < -0.39 is 6.10 Å². The Bertz CT molecular complexity index is 748. The zero-order chi connectivity index (χ0) is 22.4. The number of aliphatic hydroxyl groups excluding tert-OH is 1. The molecule has 2 aromatic carbocycles. The van der Waals surface area contributed by atoms with E-state index in [1.54, 1.807) is 12.1 Å². The Morgan fingerprint density at radius 1 is 0.467 bits per heavy atom. The van der Waals surface area contributed by atoms with Gasteiger partial charge in [-0.15, -0.1) is 0 Å². The molecule has 0 atom stereocenters. The second-order valence-corrected chi connectivity index (χ2v) is 5.93. The van der Waals surface area contributed by atoms with Crippen LogP contribution in [0.4, 0.5) is 0 Å². The average molecular weight is 424 g/mol. The predicted molar refractivity (Wildman–Crippen MR) is 109 cm³/mol. The summed E-state index contributed by atoms with van der Waals surface area (Å²) in [5, 5.41) is 11.6. The number of rotatable bonds is 10. The van der Waals surface area contributed by atoms with Crippen molar-refractivity contribution in [1.82, 2.24) is 0 Å². The van der Waals surface area contributed by atoms with Crippen LogP contribution in [0, 0.1) is 0 Å². The van der Waals surface area contributed by atoms with Crippen LogP contribution in [0.1, 0.15) is 17.2 Å². The summed E-state index contributed by atoms with van der Waals surface area (Å²) in [7, 11) is 11.8. The Hall–Kier alpha value is -3.20. The summed E-state index contributed by atoms with van der Waals surface area (Å²) in [6.45, 7) is 0. The van der Waals surface area contributed by atoms with Gasteiger partial charge in [-0.2, -0.15) is 0 Å². The maximum atomic E-state index is 11.6. The van der Waals surface area contributed by atoms with Gasteiger partial charge in [-0.25, -0.2) is 0 Å². The summed E-state index contributed by atoms with van der Waals surface area (Å²) < 4.78 is 43.9. The van der Waals surface area contributed by atoms with Gasteiger partial charge in [0.25, 0.3) is 0 Å². The standard InChI is InChI=1S/C21H28O9/c1-23-11-9-12(24-2)19(28-6)15(18(11)27-5)17(22)16-20(29-7)13(25-3)10-14(26-4)21(16)30-8/h9-10,17,22H,1-8H3. The lowest BCUT2D eigenvalue weighted by Gasteiger charge is -2.26. The minimum absolute atomic E-state index is 0.253. The van der Waals surface area contributed by atoms with Gasteiger partial charge >= 0.3 is 0 Å². The minimum atomic E-state index is -1.35. The van der Waals surface area contributed by atoms with E-state index in [1.807, 2.05) is 0 Å². The van der Waals surface area contributed by atoms with Crippen LogP contribution >= 0.6 is 0 Å². The molecule has 0 unspecified atom stereocenters. The van der Waals surface area contributed by atoms with Crippen LogP contribution in [0.3, 0.4) is 0 Å². The number of ether oxygens (including phenoxy) is 8. The van der Waals surface area contributed by atoms with E-state index >= 15 is 0 Å². The first kappa shape index (κ1) is 23.1. The monoisotopic (exact) mass is 424 g/mol. The first-order valence-electron chi connectivity index (χ1n) is 8.89. The van der Waals surface area contributed by atoms with E-state index in [0.717, 1.165) is 0 Å². The second-order valence-electron chi connectivity index (χ2n) is 5.93. The zero-order valence-corrected chi connectivity index (χ0v) is 18.4. The molecule has 0 heterocycles. The van der Waals surface area contributed by atoms with Gasteiger partial charge in [0.1, 0.15) is 6.10 Å². The third-order valence-corrected chi connectivity index (χ3v) is 4.64. The molecule has 0 spiro atoms. The van der Waals surface area contributed by atoms with Crippen molar-refractivity contribution < 1.29 is 43.0 Å². The highest BCUT2D eigenvalue weighted by Crippen LogP contribution is 2.54. The maximum Gasteiger partial charge on any atom is 0.170 e. The van der Waals surface area contributed by atoms with Gasteiger partial charge in [-0.1, -0.05) is 0 Å². The molecule has 2 rings (SSSR count). The Morgan fingerprint density at radius 2 is 0.700 bits per heavy atom. The van der Waals surface area contributed by atoms with E-state index in [4.69, 9.17) is 37.9 Å². The third-order valence-electron chi connectivity index (χ3n) is 4.64. The van der Waals surface area contributed by atoms with Crippen LogP contribution in [-0.4, -0.2) is 62.0 Å². The Labute approximate surface area is 175 Å². The molecule has 0 fully saturated rings. The fourth-order valence-corrected chi connectivity index (χ4v) is 3.33. The van der Waals surface area contributed by atoms with E-state index in [0.29, 0.717) is 23.0 Å². The van der Waals surface area contributed by atoms with Crippen LogP contribution < -0.4 is 37.9 Å². The molecule has 0 aliphatic carbocycles. The normalized spacial score (nSPS) is 10.5. The molecule has 2 aromatic rings. The molecule has 0 bridgehead atoms. The molecule has 0 aliphatic heterocycles. The molecule has 30 heavy (non-hydrogen) atoms. The lowest BCUT2D eigenvalue weighted by atomic mass is 9.96. The molecular formula is C21H28O9. The maximum absolute atomic E-state index is 11.6. The van der Waals surface area contributed by atoms with Gasteiger partial charge < -0.3 is 43.0 Å². The largest absolute Gasteiger partial charge is 0.493 e. The lowest BCUT2D eigenvalue weighted by Crippen LogP contribution is -2.11. The van der Waals surface area contributed by atoms with Crippen molar-refractivity contribution in [3.05, 3.63) is 23.3 Å². The molecule has 0 amide bonds. The van der Waals surface area contributed by atoms with Crippen molar-refractivity contribution in [1.29, 1.82) is 0 Å². The summed E-state index contributed by atoms with van der Waals surface area (Å²) in [5.74, 6) is 2.41. The lowest BCUT2D eigenvalue weighted by molar-refractivity contribution is 0.192. The summed E-state index contributed by atoms with van der Waals surface area (Å²) in [6.07, 6.45) is -1.35. The average Bonchev–Trinajstić information content (AvgIpc) is 2.79. The Morgan fingerprint density at radius 3 is 0.867 bits per heavy atom. The van der Waals surface area contributed by atoms with Gasteiger partial charge in [0, 0.05) is 12.1 Å². The number of aliphatic hydroxyl groups is 1. The molecule has 0 aromatic heterocycles. The summed E-state index contributed by atoms with van der Waals surface area (Å²) >= 11 is 0. The van der Waals surface area contributed by atoms with Gasteiger partial charge in [0.2, 0.25) is 0 Å². The molecule has 0 radical (unpaired) electrons. The van der Waals surface area contributed by atoms with Crippen LogP contribution in [0.15, 0.2) is 12.1 Å².